The second-order valence-electron chi connectivity index (χ2n) is 4.38. The molecule has 1 aliphatic rings. The van der Waals surface area contributed by atoms with Crippen molar-refractivity contribution in [1.29, 1.82) is 0 Å². The maximum absolute atomic E-state index is 12.7. The Morgan fingerprint density at radius 1 is 1.18 bits per heavy atom. The van der Waals surface area contributed by atoms with E-state index in [4.69, 9.17) is 0 Å². The van der Waals surface area contributed by atoms with Crippen LogP contribution in [0.2, 0.25) is 0 Å². The van der Waals surface area contributed by atoms with Crippen molar-refractivity contribution >= 4 is 0 Å². The molecule has 2 rings (SSSR count). The second kappa shape index (κ2) is 5.10. The smallest absolute Gasteiger partial charge is 0.123 e. The average Bonchev–Trinajstić information content (AvgIpc) is 2.33. The summed E-state index contributed by atoms with van der Waals surface area (Å²) in [4.78, 5) is 0. The molecule has 94 valence electrons. The van der Waals surface area contributed by atoms with E-state index >= 15 is 0 Å². The zero-order chi connectivity index (χ0) is 12.4. The van der Waals surface area contributed by atoms with Gasteiger partial charge in [0, 0.05) is 19.0 Å². The largest absolute Gasteiger partial charge is 0.390 e. The number of halogens is 1. The summed E-state index contributed by atoms with van der Waals surface area (Å²) in [5.74, 6) is -0.868. The van der Waals surface area contributed by atoms with Crippen LogP contribution in [0.5, 0.6) is 0 Å². The van der Waals surface area contributed by atoms with Crippen molar-refractivity contribution in [3.63, 3.8) is 0 Å². The Hall–Kier alpha value is -1.01. The Bertz CT molecular complexity index is 371. The highest BCUT2D eigenvalue weighted by atomic mass is 19.1. The van der Waals surface area contributed by atoms with E-state index in [1.165, 1.54) is 24.3 Å². The first-order chi connectivity index (χ1) is 8.09. The van der Waals surface area contributed by atoms with Crippen LogP contribution in [-0.2, 0) is 0 Å². The summed E-state index contributed by atoms with van der Waals surface area (Å²) < 4.78 is 12.7. The first-order valence-corrected chi connectivity index (χ1v) is 5.60. The number of rotatable bonds is 2. The monoisotopic (exact) mass is 241 g/mol. The first-order valence-electron chi connectivity index (χ1n) is 5.60. The van der Waals surface area contributed by atoms with Crippen LogP contribution in [0.25, 0.3) is 0 Å². The molecule has 1 aliphatic heterocycles. The lowest BCUT2D eigenvalue weighted by Crippen LogP contribution is -2.52. The number of aliphatic hydroxyl groups excluding tert-OH is 3. The quantitative estimate of drug-likeness (QED) is 0.578. The SMILES string of the molecule is OC(c1ccc(F)cc1)[C@H]1CNC[C@@H](O)[C@@H]1O. The molecule has 5 heteroatoms. The molecule has 0 bridgehead atoms. The number of β-amino-alcohol motifs (C(OH)–C–C–N with tert-alkyl or cyclic N) is 1. The molecule has 0 aliphatic carbocycles. The summed E-state index contributed by atoms with van der Waals surface area (Å²) in [6.45, 7) is 0.727. The van der Waals surface area contributed by atoms with E-state index < -0.39 is 24.2 Å². The zero-order valence-electron chi connectivity index (χ0n) is 9.25. The van der Waals surface area contributed by atoms with Crippen LogP contribution >= 0.6 is 0 Å². The van der Waals surface area contributed by atoms with Gasteiger partial charge < -0.3 is 20.6 Å². The topological polar surface area (TPSA) is 72.7 Å². The van der Waals surface area contributed by atoms with Gasteiger partial charge in [-0.2, -0.15) is 0 Å². The highest BCUT2D eigenvalue weighted by Crippen LogP contribution is 2.27. The number of hydrogen-bond acceptors (Lipinski definition) is 4. The van der Waals surface area contributed by atoms with Crippen molar-refractivity contribution in [1.82, 2.24) is 5.32 Å². The van der Waals surface area contributed by atoms with Crippen molar-refractivity contribution < 1.29 is 19.7 Å². The van der Waals surface area contributed by atoms with Gasteiger partial charge in [-0.15, -0.1) is 0 Å². The zero-order valence-corrected chi connectivity index (χ0v) is 9.25. The third-order valence-corrected chi connectivity index (χ3v) is 3.18. The molecule has 4 nitrogen and oxygen atoms in total. The Labute approximate surface area is 98.7 Å². The van der Waals surface area contributed by atoms with Gasteiger partial charge in [0.1, 0.15) is 5.82 Å². The normalized spacial score (nSPS) is 31.2. The van der Waals surface area contributed by atoms with Crippen LogP contribution in [0.1, 0.15) is 11.7 Å². The molecule has 0 spiro atoms. The second-order valence-corrected chi connectivity index (χ2v) is 4.38. The van der Waals surface area contributed by atoms with Gasteiger partial charge in [0.15, 0.2) is 0 Å². The van der Waals surface area contributed by atoms with Crippen LogP contribution < -0.4 is 5.32 Å². The minimum Gasteiger partial charge on any atom is -0.390 e. The minimum absolute atomic E-state index is 0.313. The van der Waals surface area contributed by atoms with E-state index in [0.717, 1.165) is 0 Å². The number of benzene rings is 1. The summed E-state index contributed by atoms with van der Waals surface area (Å²) in [5.41, 5.74) is 0.534. The van der Waals surface area contributed by atoms with E-state index in [-0.39, 0.29) is 5.82 Å². The van der Waals surface area contributed by atoms with E-state index in [1.54, 1.807) is 0 Å². The fourth-order valence-electron chi connectivity index (χ4n) is 2.13. The number of nitrogens with one attached hydrogen (secondary N) is 1. The maximum atomic E-state index is 12.7. The Morgan fingerprint density at radius 3 is 2.47 bits per heavy atom. The maximum Gasteiger partial charge on any atom is 0.123 e. The number of aliphatic hydroxyl groups is 3. The fraction of sp³-hybridized carbons (Fsp3) is 0.500. The van der Waals surface area contributed by atoms with Gasteiger partial charge >= 0.3 is 0 Å². The van der Waals surface area contributed by atoms with Crippen LogP contribution in [0, 0.1) is 11.7 Å². The van der Waals surface area contributed by atoms with Gasteiger partial charge in [-0.05, 0) is 17.7 Å². The summed E-state index contributed by atoms with van der Waals surface area (Å²) in [5, 5.41) is 32.3. The summed E-state index contributed by atoms with van der Waals surface area (Å²) >= 11 is 0. The molecule has 4 N–H and O–H groups in total. The van der Waals surface area contributed by atoms with Crippen molar-refractivity contribution in [3.8, 4) is 0 Å². The molecular weight excluding hydrogens is 225 g/mol. The fourth-order valence-corrected chi connectivity index (χ4v) is 2.13. The molecule has 0 saturated carbocycles. The highest BCUT2D eigenvalue weighted by molar-refractivity contribution is 5.20. The van der Waals surface area contributed by atoms with Gasteiger partial charge in [-0.25, -0.2) is 4.39 Å². The summed E-state index contributed by atoms with van der Waals surface area (Å²) in [7, 11) is 0. The van der Waals surface area contributed by atoms with Crippen molar-refractivity contribution in [2.45, 2.75) is 18.3 Å². The first kappa shape index (κ1) is 12.4. The Kier molecular flexibility index (Phi) is 3.73. The summed E-state index contributed by atoms with van der Waals surface area (Å²) in [6, 6.07) is 5.48. The lowest BCUT2D eigenvalue weighted by Gasteiger charge is -2.35. The predicted octanol–water partition coefficient (Wildman–Crippen LogP) is -0.200. The van der Waals surface area contributed by atoms with Crippen LogP contribution in [-0.4, -0.2) is 40.6 Å². The van der Waals surface area contributed by atoms with Gasteiger partial charge in [-0.3, -0.25) is 0 Å². The van der Waals surface area contributed by atoms with Crippen molar-refractivity contribution in [2.24, 2.45) is 5.92 Å². The van der Waals surface area contributed by atoms with Gasteiger partial charge in [0.05, 0.1) is 18.3 Å². The number of piperidine rings is 1. The van der Waals surface area contributed by atoms with Gasteiger partial charge in [-0.1, -0.05) is 12.1 Å². The molecule has 1 saturated heterocycles. The number of hydrogen-bond donors (Lipinski definition) is 4. The minimum atomic E-state index is -0.976. The van der Waals surface area contributed by atoms with E-state index in [0.29, 0.717) is 18.7 Å². The van der Waals surface area contributed by atoms with Gasteiger partial charge in [0.25, 0.3) is 0 Å². The molecule has 17 heavy (non-hydrogen) atoms. The molecule has 4 atom stereocenters. The van der Waals surface area contributed by atoms with E-state index in [9.17, 15) is 19.7 Å². The Morgan fingerprint density at radius 2 is 1.82 bits per heavy atom. The Balaban J connectivity index is 2.13. The van der Waals surface area contributed by atoms with Crippen LogP contribution in [0.4, 0.5) is 4.39 Å². The third kappa shape index (κ3) is 2.63. The third-order valence-electron chi connectivity index (χ3n) is 3.18. The molecule has 0 radical (unpaired) electrons. The van der Waals surface area contributed by atoms with Crippen molar-refractivity contribution in [3.05, 3.63) is 35.6 Å². The van der Waals surface area contributed by atoms with E-state index in [2.05, 4.69) is 5.32 Å². The highest BCUT2D eigenvalue weighted by Gasteiger charge is 2.35. The average molecular weight is 241 g/mol. The predicted molar refractivity (Wildman–Crippen MR) is 59.7 cm³/mol. The standard InChI is InChI=1S/C12H16FNO3/c13-8-3-1-7(2-4-8)11(16)9-5-14-6-10(15)12(9)17/h1-4,9-12,14-17H,5-6H2/t9-,10-,11?,12-/m1/s1. The molecule has 0 aromatic heterocycles. The van der Waals surface area contributed by atoms with Crippen LogP contribution in [0.3, 0.4) is 0 Å². The lowest BCUT2D eigenvalue weighted by atomic mass is 9.86. The molecule has 1 aromatic carbocycles. The van der Waals surface area contributed by atoms with Crippen LogP contribution in [0.15, 0.2) is 24.3 Å². The molecule has 1 aromatic rings. The molecule has 1 unspecified atom stereocenters. The van der Waals surface area contributed by atoms with Gasteiger partial charge in [0.2, 0.25) is 0 Å². The van der Waals surface area contributed by atoms with E-state index in [1.807, 2.05) is 0 Å². The molecule has 1 heterocycles. The van der Waals surface area contributed by atoms with Crippen molar-refractivity contribution in [2.75, 3.05) is 13.1 Å². The molecular formula is C12H16FNO3. The molecule has 0 amide bonds. The summed E-state index contributed by atoms with van der Waals surface area (Å²) in [6.07, 6.45) is -2.78. The lowest BCUT2D eigenvalue weighted by molar-refractivity contribution is -0.0748. The molecule has 1 fully saturated rings.